The third kappa shape index (κ3) is 21.8. The van der Waals surface area contributed by atoms with Gasteiger partial charge >= 0.3 is 11.9 Å². The van der Waals surface area contributed by atoms with Crippen LogP contribution >= 0.6 is 23.5 Å². The van der Waals surface area contributed by atoms with E-state index in [2.05, 4.69) is 36.9 Å². The van der Waals surface area contributed by atoms with Gasteiger partial charge in [0.15, 0.2) is 5.96 Å². The summed E-state index contributed by atoms with van der Waals surface area (Å²) in [5.74, 6) is -7.69. The average molecular weight is 899 g/mol. The molecule has 0 aromatic heterocycles. The van der Waals surface area contributed by atoms with Gasteiger partial charge in [-0.15, -0.1) is 0 Å². The van der Waals surface area contributed by atoms with Crippen molar-refractivity contribution in [3.8, 4) is 0 Å². The number of aliphatic carboxylic acids is 2. The molecule has 342 valence electrons. The Hall–Kier alpha value is -5.13. The molecule has 7 atom stereocenters. The van der Waals surface area contributed by atoms with Crippen molar-refractivity contribution in [1.29, 1.82) is 0 Å². The van der Waals surface area contributed by atoms with Crippen molar-refractivity contribution < 1.29 is 53.7 Å². The number of benzene rings is 1. The van der Waals surface area contributed by atoms with Crippen LogP contribution in [0.2, 0.25) is 0 Å². The van der Waals surface area contributed by atoms with Gasteiger partial charge in [0.05, 0.1) is 13.0 Å². The van der Waals surface area contributed by atoms with E-state index < -0.39 is 103 Å². The van der Waals surface area contributed by atoms with Crippen LogP contribution in [0.1, 0.15) is 57.9 Å². The number of amides is 6. The standard InChI is InChI=1S/C38H62N10O11S2/c1-21(2)17-27(47-33(54)25(12-15-60-3)44-35(56)28(46-31(52)23(39)20-49)18-22-9-6-5-7-10-22)34(55)48-29(19-30(50)51)36(57)43-24(11-8-14-42-38(40)41)32(53)45-26(37(58)59)13-16-61-4/h5-7,9-10,21,23-29,49H,8,11-20,39H2,1-4H3,(H,43,57)(H,44,56)(H,45,53)(H,46,52)(H,47,54)(H,48,55)(H,50,51)(H,58,59)(H4,40,41,42)/t23-,24-,25-,26-,27-,28-,29-/m0/s1. The van der Waals surface area contributed by atoms with Crippen molar-refractivity contribution in [2.45, 2.75) is 101 Å². The monoisotopic (exact) mass is 898 g/mol. The van der Waals surface area contributed by atoms with Gasteiger partial charge in [-0.1, -0.05) is 44.2 Å². The number of carbonyl (C=O) groups excluding carboxylic acids is 6. The summed E-state index contributed by atoms with van der Waals surface area (Å²) in [4.78, 5) is 109. The van der Waals surface area contributed by atoms with Crippen LogP contribution in [0.15, 0.2) is 35.3 Å². The lowest BCUT2D eigenvalue weighted by Gasteiger charge is -2.28. The Bertz CT molecular complexity index is 1640. The number of carboxylic acids is 2. The normalized spacial score (nSPS) is 14.4. The first-order chi connectivity index (χ1) is 28.8. The zero-order valence-electron chi connectivity index (χ0n) is 34.9. The second-order valence-electron chi connectivity index (χ2n) is 14.4. The number of aliphatic imine (C=N–C) groups is 1. The van der Waals surface area contributed by atoms with E-state index in [-0.39, 0.29) is 56.9 Å². The number of nitrogens with zero attached hydrogens (tertiary/aromatic N) is 1. The average Bonchev–Trinajstić information content (AvgIpc) is 3.20. The Balaban J connectivity index is 3.39. The molecule has 6 amide bonds. The predicted molar refractivity (Wildman–Crippen MR) is 232 cm³/mol. The van der Waals surface area contributed by atoms with Gasteiger partial charge in [0.1, 0.15) is 42.3 Å². The Morgan fingerprint density at radius 3 is 1.62 bits per heavy atom. The third-order valence-electron chi connectivity index (χ3n) is 8.85. The molecule has 0 aliphatic rings. The highest BCUT2D eigenvalue weighted by atomic mass is 32.2. The van der Waals surface area contributed by atoms with Gasteiger partial charge < -0.3 is 64.4 Å². The first-order valence-electron chi connectivity index (χ1n) is 19.5. The zero-order valence-corrected chi connectivity index (χ0v) is 36.5. The maximum Gasteiger partial charge on any atom is 0.326 e. The Labute approximate surface area is 363 Å². The predicted octanol–water partition coefficient (Wildman–Crippen LogP) is -2.38. The SMILES string of the molecule is CSCC[C@H](NC(=O)[C@H](CCCN=C(N)N)NC(=O)[C@H](CC(=O)O)NC(=O)[C@H](CC(C)C)NC(=O)[C@H](CCSC)NC(=O)[C@H](Cc1ccccc1)NC(=O)[C@@H](N)CO)C(=O)O. The van der Waals surface area contributed by atoms with Crippen molar-refractivity contribution in [3.05, 3.63) is 35.9 Å². The summed E-state index contributed by atoms with van der Waals surface area (Å²) in [6.07, 6.45) is 2.83. The minimum atomic E-state index is -1.77. The van der Waals surface area contributed by atoms with Gasteiger partial charge in [-0.3, -0.25) is 38.6 Å². The van der Waals surface area contributed by atoms with Crippen molar-refractivity contribution >= 4 is 76.9 Å². The first-order valence-corrected chi connectivity index (χ1v) is 22.3. The number of hydrogen-bond donors (Lipinski definition) is 12. The number of aliphatic hydroxyl groups excluding tert-OH is 1. The Kier molecular flexibility index (Phi) is 25.8. The Morgan fingerprint density at radius 2 is 1.11 bits per heavy atom. The Morgan fingerprint density at radius 1 is 0.656 bits per heavy atom. The lowest BCUT2D eigenvalue weighted by molar-refractivity contribution is -0.143. The first kappa shape index (κ1) is 53.9. The molecule has 0 aliphatic heterocycles. The van der Waals surface area contributed by atoms with Crippen LogP contribution in [0.25, 0.3) is 0 Å². The topological polar surface area (TPSA) is 360 Å². The van der Waals surface area contributed by atoms with Crippen LogP contribution in [0.4, 0.5) is 0 Å². The highest BCUT2D eigenvalue weighted by Gasteiger charge is 2.34. The number of rotatable bonds is 30. The number of hydrogen-bond acceptors (Lipinski definition) is 13. The molecular weight excluding hydrogens is 837 g/mol. The summed E-state index contributed by atoms with van der Waals surface area (Å²) in [7, 11) is 0. The molecule has 0 saturated heterocycles. The second-order valence-corrected chi connectivity index (χ2v) is 16.4. The number of thioether (sulfide) groups is 2. The van der Waals surface area contributed by atoms with Crippen LogP contribution in [-0.2, 0) is 44.8 Å². The lowest BCUT2D eigenvalue weighted by Crippen LogP contribution is -2.60. The van der Waals surface area contributed by atoms with Crippen molar-refractivity contribution in [1.82, 2.24) is 31.9 Å². The molecule has 23 heteroatoms. The molecule has 0 saturated carbocycles. The molecule has 61 heavy (non-hydrogen) atoms. The van der Waals surface area contributed by atoms with Gasteiger partial charge in [-0.25, -0.2) is 4.79 Å². The van der Waals surface area contributed by atoms with Crippen LogP contribution < -0.4 is 49.1 Å². The van der Waals surface area contributed by atoms with E-state index in [1.807, 2.05) is 0 Å². The number of aliphatic hydroxyl groups is 1. The molecule has 1 aromatic rings. The fourth-order valence-electron chi connectivity index (χ4n) is 5.64. The molecule has 0 unspecified atom stereocenters. The zero-order chi connectivity index (χ0) is 46.1. The molecule has 1 rings (SSSR count). The second kappa shape index (κ2) is 29.2. The van der Waals surface area contributed by atoms with E-state index in [0.29, 0.717) is 17.1 Å². The number of carboxylic acid groups (broad SMARTS) is 2. The fraction of sp³-hybridized carbons (Fsp3) is 0.605. The quantitative estimate of drug-likeness (QED) is 0.0218. The van der Waals surface area contributed by atoms with E-state index in [1.54, 1.807) is 56.7 Å². The van der Waals surface area contributed by atoms with Gasteiger partial charge in [0.25, 0.3) is 0 Å². The molecule has 0 radical (unpaired) electrons. The van der Waals surface area contributed by atoms with Gasteiger partial charge in [0, 0.05) is 13.0 Å². The largest absolute Gasteiger partial charge is 0.481 e. The van der Waals surface area contributed by atoms with Crippen LogP contribution in [0.3, 0.4) is 0 Å². The minimum Gasteiger partial charge on any atom is -0.481 e. The van der Waals surface area contributed by atoms with Crippen molar-refractivity contribution in [2.75, 3.05) is 37.2 Å². The van der Waals surface area contributed by atoms with Gasteiger partial charge in [-0.2, -0.15) is 23.5 Å². The summed E-state index contributed by atoms with van der Waals surface area (Å²) in [6.45, 7) is 2.87. The highest BCUT2D eigenvalue weighted by Crippen LogP contribution is 2.11. The van der Waals surface area contributed by atoms with E-state index >= 15 is 0 Å². The van der Waals surface area contributed by atoms with Gasteiger partial charge in [0.2, 0.25) is 35.4 Å². The number of nitrogens with one attached hydrogen (secondary N) is 6. The van der Waals surface area contributed by atoms with E-state index in [1.165, 1.54) is 23.5 Å². The molecule has 0 bridgehead atoms. The minimum absolute atomic E-state index is 0.00970. The van der Waals surface area contributed by atoms with Crippen LogP contribution in [-0.4, -0.2) is 148 Å². The van der Waals surface area contributed by atoms with Gasteiger partial charge in [-0.05, 0) is 67.6 Å². The summed E-state index contributed by atoms with van der Waals surface area (Å²) >= 11 is 2.74. The molecule has 0 spiro atoms. The van der Waals surface area contributed by atoms with E-state index in [9.17, 15) is 53.7 Å². The van der Waals surface area contributed by atoms with Crippen LogP contribution in [0.5, 0.6) is 0 Å². The van der Waals surface area contributed by atoms with E-state index in [0.717, 1.165) is 0 Å². The molecule has 21 nitrogen and oxygen atoms in total. The summed E-state index contributed by atoms with van der Waals surface area (Å²) in [6, 6.07) is -0.864. The molecule has 0 aliphatic carbocycles. The van der Waals surface area contributed by atoms with Crippen molar-refractivity contribution in [2.24, 2.45) is 28.1 Å². The molecule has 0 fully saturated rings. The fourth-order valence-corrected chi connectivity index (χ4v) is 6.58. The highest BCUT2D eigenvalue weighted by molar-refractivity contribution is 7.98. The summed E-state index contributed by atoms with van der Waals surface area (Å²) in [5, 5.41) is 43.7. The maximum absolute atomic E-state index is 13.9. The number of guanidine groups is 1. The lowest BCUT2D eigenvalue weighted by atomic mass is 10.0. The molecule has 15 N–H and O–H groups in total. The molecule has 0 heterocycles. The van der Waals surface area contributed by atoms with Crippen molar-refractivity contribution in [3.63, 3.8) is 0 Å². The maximum atomic E-state index is 13.9. The number of carbonyl (C=O) groups is 8. The summed E-state index contributed by atoms with van der Waals surface area (Å²) < 4.78 is 0. The molecule has 1 aromatic carbocycles. The van der Waals surface area contributed by atoms with E-state index in [4.69, 9.17) is 17.2 Å². The number of nitrogens with two attached hydrogens (primary N) is 3. The third-order valence-corrected chi connectivity index (χ3v) is 10.1. The van der Waals surface area contributed by atoms with Crippen LogP contribution in [0, 0.1) is 5.92 Å². The smallest absolute Gasteiger partial charge is 0.326 e. The summed E-state index contributed by atoms with van der Waals surface area (Å²) in [5.41, 5.74) is 17.1. The molecular formula is C38H62N10O11S2.